The Bertz CT molecular complexity index is 217. The third kappa shape index (κ3) is 2.25. The van der Waals surface area contributed by atoms with Crippen molar-refractivity contribution in [2.75, 3.05) is 26.4 Å². The zero-order valence-electron chi connectivity index (χ0n) is 10.2. The number of hydrogen-bond acceptors (Lipinski definition) is 4. The van der Waals surface area contributed by atoms with Crippen molar-refractivity contribution < 1.29 is 19.3 Å². The molecule has 0 aromatic carbocycles. The fourth-order valence-electron chi connectivity index (χ4n) is 2.24. The Kier molecular flexibility index (Phi) is 3.54. The maximum absolute atomic E-state index is 8.76. The normalized spacial score (nSPS) is 39.9. The summed E-state index contributed by atoms with van der Waals surface area (Å²) in [4.78, 5) is 0. The molecule has 3 rings (SSSR count). The number of fused-ring (bicyclic) bond motifs is 3. The van der Waals surface area contributed by atoms with Gasteiger partial charge in [0.1, 0.15) is 0 Å². The number of hydrogen-bond donors (Lipinski definition) is 1. The molecule has 3 fully saturated rings. The molecule has 0 aromatic heterocycles. The first kappa shape index (κ1) is 12.3. The van der Waals surface area contributed by atoms with Gasteiger partial charge < -0.3 is 19.3 Å². The fourth-order valence-corrected chi connectivity index (χ4v) is 2.24. The van der Waals surface area contributed by atoms with E-state index < -0.39 is 5.97 Å². The predicted molar refractivity (Wildman–Crippen MR) is 58.8 cm³/mol. The summed E-state index contributed by atoms with van der Waals surface area (Å²) in [6.45, 7) is 6.62. The van der Waals surface area contributed by atoms with Crippen LogP contribution in [0.2, 0.25) is 0 Å². The summed E-state index contributed by atoms with van der Waals surface area (Å²) in [5.74, 6) is -0.600. The molecule has 94 valence electrons. The first-order valence-corrected chi connectivity index (χ1v) is 6.13. The molecule has 1 N–H and O–H groups in total. The van der Waals surface area contributed by atoms with Crippen molar-refractivity contribution in [3.05, 3.63) is 0 Å². The van der Waals surface area contributed by atoms with Gasteiger partial charge in [-0.25, -0.2) is 0 Å². The van der Waals surface area contributed by atoms with Crippen LogP contribution in [-0.2, 0) is 14.2 Å². The molecule has 0 radical (unpaired) electrons. The van der Waals surface area contributed by atoms with Crippen molar-refractivity contribution in [3.63, 3.8) is 0 Å². The van der Waals surface area contributed by atoms with Crippen molar-refractivity contribution >= 4 is 0 Å². The molecular weight excluding hydrogens is 208 g/mol. The summed E-state index contributed by atoms with van der Waals surface area (Å²) in [5.41, 5.74) is 0.0343. The van der Waals surface area contributed by atoms with E-state index in [1.54, 1.807) is 0 Å². The van der Waals surface area contributed by atoms with Gasteiger partial charge in [-0.2, -0.15) is 0 Å². The lowest BCUT2D eigenvalue weighted by Gasteiger charge is -2.52. The SMILES string of the molecule is CC(CCCCO)C12OCC(C)(CO1)CO2. The van der Waals surface area contributed by atoms with Crippen LogP contribution in [-0.4, -0.2) is 37.5 Å². The first-order chi connectivity index (χ1) is 7.60. The van der Waals surface area contributed by atoms with E-state index in [0.29, 0.717) is 0 Å². The van der Waals surface area contributed by atoms with Gasteiger partial charge in [-0.15, -0.1) is 0 Å². The zero-order valence-corrected chi connectivity index (χ0v) is 10.2. The van der Waals surface area contributed by atoms with Gasteiger partial charge in [0.25, 0.3) is 5.97 Å². The Morgan fingerprint density at radius 2 is 1.69 bits per heavy atom. The highest BCUT2D eigenvalue weighted by molar-refractivity contribution is 4.86. The Morgan fingerprint density at radius 1 is 1.12 bits per heavy atom. The van der Waals surface area contributed by atoms with Gasteiger partial charge in [-0.05, 0) is 12.8 Å². The van der Waals surface area contributed by atoms with E-state index in [1.807, 2.05) is 0 Å². The topological polar surface area (TPSA) is 47.9 Å². The Morgan fingerprint density at radius 3 is 2.19 bits per heavy atom. The highest BCUT2D eigenvalue weighted by atomic mass is 16.9. The zero-order chi connectivity index (χ0) is 11.6. The summed E-state index contributed by atoms with van der Waals surface area (Å²) < 4.78 is 17.3. The van der Waals surface area contributed by atoms with E-state index >= 15 is 0 Å². The highest BCUT2D eigenvalue weighted by Crippen LogP contribution is 2.43. The maximum atomic E-state index is 8.76. The van der Waals surface area contributed by atoms with Gasteiger partial charge in [0, 0.05) is 17.9 Å². The van der Waals surface area contributed by atoms with Gasteiger partial charge >= 0.3 is 0 Å². The van der Waals surface area contributed by atoms with Gasteiger partial charge in [-0.3, -0.25) is 0 Å². The highest BCUT2D eigenvalue weighted by Gasteiger charge is 2.53. The molecular formula is C12H22O4. The number of unbranched alkanes of at least 4 members (excludes halogenated alkanes) is 1. The quantitative estimate of drug-likeness (QED) is 0.727. The summed E-state index contributed by atoms with van der Waals surface area (Å²) >= 11 is 0. The van der Waals surface area contributed by atoms with Gasteiger partial charge in [0.05, 0.1) is 19.8 Å². The molecule has 2 bridgehead atoms. The molecule has 0 aliphatic carbocycles. The summed E-state index contributed by atoms with van der Waals surface area (Å²) in [6, 6.07) is 0. The molecule has 0 saturated carbocycles. The van der Waals surface area contributed by atoms with Crippen LogP contribution in [0.25, 0.3) is 0 Å². The monoisotopic (exact) mass is 230 g/mol. The van der Waals surface area contributed by atoms with Gasteiger partial charge in [-0.1, -0.05) is 20.3 Å². The standard InChI is InChI=1S/C12H22O4/c1-10(5-3-4-6-13)12-14-7-11(2,8-15-12)9-16-12/h10,13H,3-9H2,1-2H3. The number of aliphatic hydroxyl groups excluding tert-OH is 1. The molecule has 4 nitrogen and oxygen atoms in total. The van der Waals surface area contributed by atoms with Crippen molar-refractivity contribution in [1.82, 2.24) is 0 Å². The molecule has 16 heavy (non-hydrogen) atoms. The maximum Gasteiger partial charge on any atom is 0.285 e. The molecule has 4 heteroatoms. The molecule has 3 aliphatic rings. The van der Waals surface area contributed by atoms with Crippen LogP contribution in [0.5, 0.6) is 0 Å². The second-order valence-corrected chi connectivity index (χ2v) is 5.40. The van der Waals surface area contributed by atoms with Crippen LogP contribution in [0.4, 0.5) is 0 Å². The molecule has 0 spiro atoms. The van der Waals surface area contributed by atoms with Crippen LogP contribution in [0, 0.1) is 11.3 Å². The van der Waals surface area contributed by atoms with E-state index in [-0.39, 0.29) is 17.9 Å². The second-order valence-electron chi connectivity index (χ2n) is 5.40. The van der Waals surface area contributed by atoms with Crippen LogP contribution in [0.1, 0.15) is 33.1 Å². The lowest BCUT2D eigenvalue weighted by Crippen LogP contribution is -2.61. The first-order valence-electron chi connectivity index (χ1n) is 6.13. The summed E-state index contributed by atoms with van der Waals surface area (Å²) in [5, 5.41) is 8.76. The fraction of sp³-hybridized carbons (Fsp3) is 1.00. The summed E-state index contributed by atoms with van der Waals surface area (Å²) in [7, 11) is 0. The minimum Gasteiger partial charge on any atom is -0.396 e. The van der Waals surface area contributed by atoms with Crippen LogP contribution in [0.3, 0.4) is 0 Å². The molecule has 3 heterocycles. The predicted octanol–water partition coefficient (Wildman–Crippen LogP) is 1.52. The van der Waals surface area contributed by atoms with Crippen molar-refractivity contribution in [2.45, 2.75) is 39.1 Å². The average molecular weight is 230 g/mol. The molecule has 3 aliphatic heterocycles. The van der Waals surface area contributed by atoms with E-state index in [1.165, 1.54) is 0 Å². The van der Waals surface area contributed by atoms with Crippen LogP contribution in [0.15, 0.2) is 0 Å². The lowest BCUT2D eigenvalue weighted by atomic mass is 9.89. The smallest absolute Gasteiger partial charge is 0.285 e. The molecule has 0 amide bonds. The van der Waals surface area contributed by atoms with Gasteiger partial charge in [0.15, 0.2) is 0 Å². The molecule has 1 atom stereocenters. The molecule has 0 aromatic rings. The van der Waals surface area contributed by atoms with Crippen molar-refractivity contribution in [1.29, 1.82) is 0 Å². The molecule has 1 unspecified atom stereocenters. The minimum atomic E-state index is -0.812. The minimum absolute atomic E-state index is 0.0343. The number of ether oxygens (including phenoxy) is 3. The van der Waals surface area contributed by atoms with Crippen molar-refractivity contribution in [2.24, 2.45) is 11.3 Å². The third-order valence-corrected chi connectivity index (χ3v) is 3.51. The Labute approximate surface area is 96.9 Å². The van der Waals surface area contributed by atoms with Crippen LogP contribution < -0.4 is 0 Å². The number of aliphatic hydroxyl groups is 1. The Balaban J connectivity index is 1.88. The van der Waals surface area contributed by atoms with Gasteiger partial charge in [0.2, 0.25) is 0 Å². The second kappa shape index (κ2) is 4.61. The number of rotatable bonds is 5. The molecule has 3 saturated heterocycles. The van der Waals surface area contributed by atoms with E-state index in [9.17, 15) is 0 Å². The van der Waals surface area contributed by atoms with E-state index in [4.69, 9.17) is 19.3 Å². The largest absolute Gasteiger partial charge is 0.396 e. The Hall–Kier alpha value is -0.160. The third-order valence-electron chi connectivity index (χ3n) is 3.51. The van der Waals surface area contributed by atoms with Crippen LogP contribution >= 0.6 is 0 Å². The summed E-state index contributed by atoms with van der Waals surface area (Å²) in [6.07, 6.45) is 2.77. The lowest BCUT2D eigenvalue weighted by molar-refractivity contribution is -0.482. The average Bonchev–Trinajstić information content (AvgIpc) is 2.31. The van der Waals surface area contributed by atoms with E-state index in [0.717, 1.165) is 39.1 Å². The van der Waals surface area contributed by atoms with E-state index in [2.05, 4.69) is 13.8 Å². The van der Waals surface area contributed by atoms with Crippen molar-refractivity contribution in [3.8, 4) is 0 Å².